The Kier molecular flexibility index (Phi) is 6.61. The summed E-state index contributed by atoms with van der Waals surface area (Å²) in [4.78, 5) is 4.22. The lowest BCUT2D eigenvalue weighted by Crippen LogP contribution is -2.44. The largest absolute Gasteiger partial charge is 0.390 e. The quantitative estimate of drug-likeness (QED) is 0.718. The molecule has 1 heterocycles. The molecule has 4 N–H and O–H groups in total. The van der Waals surface area contributed by atoms with Crippen molar-refractivity contribution in [2.24, 2.45) is 11.7 Å². The molecule has 1 aromatic heterocycles. The summed E-state index contributed by atoms with van der Waals surface area (Å²) in [5, 5.41) is 20.3. The van der Waals surface area contributed by atoms with Crippen molar-refractivity contribution >= 4 is 0 Å². The van der Waals surface area contributed by atoms with Crippen molar-refractivity contribution in [2.45, 2.75) is 69.6 Å². The van der Waals surface area contributed by atoms with Crippen molar-refractivity contribution in [1.82, 2.24) is 4.98 Å². The minimum atomic E-state index is -0.837. The Morgan fingerprint density at radius 3 is 2.62 bits per heavy atom. The highest BCUT2D eigenvalue weighted by Crippen LogP contribution is 2.28. The molecule has 0 amide bonds. The first-order valence-electron chi connectivity index (χ1n) is 8.18. The van der Waals surface area contributed by atoms with E-state index in [2.05, 4.69) is 4.98 Å². The molecule has 1 aliphatic rings. The zero-order valence-corrected chi connectivity index (χ0v) is 12.7. The minimum absolute atomic E-state index is 0.327. The summed E-state index contributed by atoms with van der Waals surface area (Å²) in [7, 11) is 0. The van der Waals surface area contributed by atoms with E-state index >= 15 is 0 Å². The third-order valence-corrected chi connectivity index (χ3v) is 4.59. The Balaban J connectivity index is 1.73. The molecule has 4 nitrogen and oxygen atoms in total. The maximum Gasteiger partial charge on any atom is 0.0949 e. The predicted molar refractivity (Wildman–Crippen MR) is 83.7 cm³/mol. The first kappa shape index (κ1) is 16.4. The first-order valence-corrected chi connectivity index (χ1v) is 8.18. The maximum atomic E-state index is 10.2. The molecule has 0 spiro atoms. The van der Waals surface area contributed by atoms with E-state index in [0.717, 1.165) is 12.1 Å². The second-order valence-corrected chi connectivity index (χ2v) is 6.32. The van der Waals surface area contributed by atoms with Gasteiger partial charge in [-0.05, 0) is 37.3 Å². The zero-order valence-electron chi connectivity index (χ0n) is 12.7. The van der Waals surface area contributed by atoms with Gasteiger partial charge in [-0.1, -0.05) is 38.2 Å². The Hall–Kier alpha value is -0.970. The highest BCUT2D eigenvalue weighted by molar-refractivity contribution is 5.03. The average Bonchev–Trinajstić information content (AvgIpc) is 2.53. The van der Waals surface area contributed by atoms with Crippen LogP contribution in [-0.2, 0) is 6.42 Å². The lowest BCUT2D eigenvalue weighted by molar-refractivity contribution is -0.00559. The number of nitrogens with two attached hydrogens (primary N) is 1. The van der Waals surface area contributed by atoms with E-state index in [-0.39, 0.29) is 6.04 Å². The van der Waals surface area contributed by atoms with Gasteiger partial charge in [0.25, 0.3) is 0 Å². The molecule has 4 heteroatoms. The number of aromatic nitrogens is 1. The van der Waals surface area contributed by atoms with Crippen molar-refractivity contribution in [2.75, 3.05) is 0 Å². The summed E-state index contributed by atoms with van der Waals surface area (Å²) >= 11 is 0. The molecule has 118 valence electrons. The fourth-order valence-electron chi connectivity index (χ4n) is 3.25. The van der Waals surface area contributed by atoms with Crippen molar-refractivity contribution in [3.8, 4) is 0 Å². The Morgan fingerprint density at radius 1 is 1.19 bits per heavy atom. The van der Waals surface area contributed by atoms with E-state index in [0.29, 0.717) is 18.8 Å². The van der Waals surface area contributed by atoms with Crippen LogP contribution in [0.3, 0.4) is 0 Å². The van der Waals surface area contributed by atoms with Gasteiger partial charge in [-0.2, -0.15) is 0 Å². The van der Waals surface area contributed by atoms with Gasteiger partial charge in [0.05, 0.1) is 12.2 Å². The maximum absolute atomic E-state index is 10.2. The number of aliphatic hydroxyl groups excluding tert-OH is 2. The monoisotopic (exact) mass is 292 g/mol. The van der Waals surface area contributed by atoms with Crippen molar-refractivity contribution < 1.29 is 10.2 Å². The van der Waals surface area contributed by atoms with Crippen LogP contribution in [0.5, 0.6) is 0 Å². The number of hydrogen-bond acceptors (Lipinski definition) is 4. The van der Waals surface area contributed by atoms with Crippen LogP contribution < -0.4 is 5.73 Å². The molecule has 2 rings (SSSR count). The molecule has 3 atom stereocenters. The van der Waals surface area contributed by atoms with Crippen LogP contribution in [0, 0.1) is 5.92 Å². The first-order chi connectivity index (χ1) is 10.2. The standard InChI is InChI=1S/C17H28N2O2/c18-15(12-13-6-2-1-3-7-13)17(21)16(20)10-9-14-8-4-5-11-19-14/h4-5,8,11,13,15-17,20-21H,1-3,6-7,9-10,12,18H2/t15-,16+,17-/m0/s1. The summed E-state index contributed by atoms with van der Waals surface area (Å²) in [6.45, 7) is 0. The van der Waals surface area contributed by atoms with Crippen LogP contribution in [0.4, 0.5) is 0 Å². The van der Waals surface area contributed by atoms with Gasteiger partial charge >= 0.3 is 0 Å². The van der Waals surface area contributed by atoms with Crippen LogP contribution in [0.25, 0.3) is 0 Å². The number of aliphatic hydroxyl groups is 2. The number of pyridine rings is 1. The Labute approximate surface area is 127 Å². The molecule has 1 fully saturated rings. The van der Waals surface area contributed by atoms with E-state index in [9.17, 15) is 10.2 Å². The number of hydrogen-bond donors (Lipinski definition) is 3. The number of nitrogens with zero attached hydrogens (tertiary/aromatic N) is 1. The van der Waals surface area contributed by atoms with E-state index in [1.807, 2.05) is 18.2 Å². The molecule has 1 aliphatic carbocycles. The molecular formula is C17H28N2O2. The van der Waals surface area contributed by atoms with Gasteiger partial charge < -0.3 is 15.9 Å². The van der Waals surface area contributed by atoms with Crippen molar-refractivity contribution in [3.63, 3.8) is 0 Å². The van der Waals surface area contributed by atoms with Crippen molar-refractivity contribution in [1.29, 1.82) is 0 Å². The van der Waals surface area contributed by atoms with Crippen LogP contribution in [0.2, 0.25) is 0 Å². The van der Waals surface area contributed by atoms with Gasteiger partial charge in [-0.3, -0.25) is 4.98 Å². The third-order valence-electron chi connectivity index (χ3n) is 4.59. The van der Waals surface area contributed by atoms with Gasteiger partial charge in [-0.25, -0.2) is 0 Å². The summed E-state index contributed by atoms with van der Waals surface area (Å²) in [6.07, 6.45) is 8.41. The number of aryl methyl sites for hydroxylation is 1. The van der Waals surface area contributed by atoms with Crippen LogP contribution >= 0.6 is 0 Å². The summed E-state index contributed by atoms with van der Waals surface area (Å²) < 4.78 is 0. The molecule has 21 heavy (non-hydrogen) atoms. The fourth-order valence-corrected chi connectivity index (χ4v) is 3.25. The zero-order chi connectivity index (χ0) is 15.1. The Morgan fingerprint density at radius 2 is 1.95 bits per heavy atom. The van der Waals surface area contributed by atoms with Crippen LogP contribution in [0.1, 0.15) is 50.6 Å². The summed E-state index contributed by atoms with van der Waals surface area (Å²) in [6, 6.07) is 5.41. The summed E-state index contributed by atoms with van der Waals surface area (Å²) in [5.74, 6) is 0.617. The van der Waals surface area contributed by atoms with Gasteiger partial charge in [0.15, 0.2) is 0 Å². The molecular weight excluding hydrogens is 264 g/mol. The Bertz CT molecular complexity index is 393. The van der Waals surface area contributed by atoms with E-state index in [1.165, 1.54) is 32.1 Å². The highest BCUT2D eigenvalue weighted by Gasteiger charge is 2.26. The second kappa shape index (κ2) is 8.47. The molecule has 1 saturated carbocycles. The second-order valence-electron chi connectivity index (χ2n) is 6.32. The smallest absolute Gasteiger partial charge is 0.0949 e. The van der Waals surface area contributed by atoms with Crippen molar-refractivity contribution in [3.05, 3.63) is 30.1 Å². The van der Waals surface area contributed by atoms with Gasteiger partial charge in [0.2, 0.25) is 0 Å². The van der Waals surface area contributed by atoms with Gasteiger partial charge in [0, 0.05) is 17.9 Å². The molecule has 0 aliphatic heterocycles. The average molecular weight is 292 g/mol. The van der Waals surface area contributed by atoms with Crippen LogP contribution in [0.15, 0.2) is 24.4 Å². The minimum Gasteiger partial charge on any atom is -0.390 e. The molecule has 0 saturated heterocycles. The molecule has 1 aromatic rings. The van der Waals surface area contributed by atoms with Gasteiger partial charge in [0.1, 0.15) is 0 Å². The van der Waals surface area contributed by atoms with Gasteiger partial charge in [-0.15, -0.1) is 0 Å². The normalized spacial score (nSPS) is 20.9. The lowest BCUT2D eigenvalue weighted by atomic mass is 9.83. The molecule has 0 bridgehead atoms. The molecule has 0 unspecified atom stereocenters. The van der Waals surface area contributed by atoms with E-state index in [1.54, 1.807) is 6.20 Å². The molecule has 0 aromatic carbocycles. The van der Waals surface area contributed by atoms with E-state index < -0.39 is 12.2 Å². The SMILES string of the molecule is N[C@@H](CC1CCCCC1)[C@H](O)[C@H](O)CCc1ccccn1. The highest BCUT2D eigenvalue weighted by atomic mass is 16.3. The molecule has 0 radical (unpaired) electrons. The predicted octanol–water partition coefficient (Wildman–Crippen LogP) is 2.03. The lowest BCUT2D eigenvalue weighted by Gasteiger charge is -2.29. The van der Waals surface area contributed by atoms with E-state index in [4.69, 9.17) is 5.73 Å². The topological polar surface area (TPSA) is 79.4 Å². The third kappa shape index (κ3) is 5.38. The number of rotatable bonds is 7. The fraction of sp³-hybridized carbons (Fsp3) is 0.706. The van der Waals surface area contributed by atoms with Crippen LogP contribution in [-0.4, -0.2) is 33.4 Å². The summed E-state index contributed by atoms with van der Waals surface area (Å²) in [5.41, 5.74) is 7.03.